The maximum Gasteiger partial charge on any atom is 0.0760 e. The minimum atomic E-state index is 0.268. The molecule has 0 N–H and O–H groups in total. The monoisotopic (exact) mass is 294 g/mol. The third-order valence-electron chi connectivity index (χ3n) is 4.68. The van der Waals surface area contributed by atoms with Gasteiger partial charge in [-0.3, -0.25) is 0 Å². The summed E-state index contributed by atoms with van der Waals surface area (Å²) in [5.41, 5.74) is 4.05. The van der Waals surface area contributed by atoms with E-state index in [4.69, 9.17) is 4.74 Å². The number of hydrogen-bond acceptors (Lipinski definition) is 1. The van der Waals surface area contributed by atoms with Crippen LogP contribution in [0.15, 0.2) is 60.2 Å². The predicted octanol–water partition coefficient (Wildman–Crippen LogP) is 5.37. The van der Waals surface area contributed by atoms with Crippen LogP contribution >= 0.6 is 0 Å². The molecule has 1 heteroatoms. The Morgan fingerprint density at radius 2 is 1.86 bits per heavy atom. The molecule has 2 aliphatic rings. The first kappa shape index (κ1) is 15.3. The first-order valence-electron chi connectivity index (χ1n) is 8.44. The molecule has 3 atom stereocenters. The molecule has 0 saturated heterocycles. The molecule has 3 unspecified atom stereocenters. The first-order valence-corrected chi connectivity index (χ1v) is 8.44. The summed E-state index contributed by atoms with van der Waals surface area (Å²) in [6.07, 6.45) is 15.4. The van der Waals surface area contributed by atoms with Gasteiger partial charge in [0.2, 0.25) is 0 Å². The summed E-state index contributed by atoms with van der Waals surface area (Å²) in [6.45, 7) is 5.10. The van der Waals surface area contributed by atoms with Crippen molar-refractivity contribution in [3.05, 3.63) is 71.3 Å². The first-order chi connectivity index (χ1) is 10.7. The fraction of sp³-hybridized carbons (Fsp3) is 0.429. The highest BCUT2D eigenvalue weighted by Crippen LogP contribution is 2.30. The van der Waals surface area contributed by atoms with E-state index in [0.717, 1.165) is 6.42 Å². The standard InChI is InChI=1S/C21H26O/c1-16-3-7-18(8-4-16)15-22-21-13-11-20(12-14-21)19-9-5-17(2)6-10-19/h3-5,7-11,13,17,20-21H,6,12,14-15H2,1-2H3. The number of allylic oxidation sites excluding steroid dienone is 5. The van der Waals surface area contributed by atoms with Crippen LogP contribution in [0.5, 0.6) is 0 Å². The molecular weight excluding hydrogens is 268 g/mol. The van der Waals surface area contributed by atoms with Crippen molar-refractivity contribution in [2.45, 2.75) is 45.8 Å². The van der Waals surface area contributed by atoms with Gasteiger partial charge in [-0.1, -0.05) is 67.1 Å². The van der Waals surface area contributed by atoms with Crippen LogP contribution < -0.4 is 0 Å². The van der Waals surface area contributed by atoms with Crippen molar-refractivity contribution in [2.75, 3.05) is 0 Å². The average Bonchev–Trinajstić information content (AvgIpc) is 2.56. The van der Waals surface area contributed by atoms with Gasteiger partial charge in [0, 0.05) is 5.92 Å². The lowest BCUT2D eigenvalue weighted by molar-refractivity contribution is 0.0601. The van der Waals surface area contributed by atoms with Crippen LogP contribution in [0.3, 0.4) is 0 Å². The molecule has 22 heavy (non-hydrogen) atoms. The lowest BCUT2D eigenvalue weighted by Gasteiger charge is -2.25. The van der Waals surface area contributed by atoms with E-state index in [2.05, 4.69) is 68.5 Å². The van der Waals surface area contributed by atoms with Gasteiger partial charge in [-0.15, -0.1) is 0 Å². The quantitative estimate of drug-likeness (QED) is 0.678. The SMILES string of the molecule is Cc1ccc(COC2C=CC(C3=CCC(C)C=C3)CC2)cc1. The van der Waals surface area contributed by atoms with E-state index in [1.807, 2.05) is 0 Å². The molecule has 0 aliphatic heterocycles. The normalized spacial score (nSPS) is 27.7. The van der Waals surface area contributed by atoms with E-state index >= 15 is 0 Å². The molecule has 1 aromatic carbocycles. The summed E-state index contributed by atoms with van der Waals surface area (Å²) in [5.74, 6) is 1.28. The van der Waals surface area contributed by atoms with Crippen molar-refractivity contribution >= 4 is 0 Å². The second-order valence-electron chi connectivity index (χ2n) is 6.68. The van der Waals surface area contributed by atoms with Gasteiger partial charge in [-0.05, 0) is 43.2 Å². The van der Waals surface area contributed by atoms with E-state index in [-0.39, 0.29) is 6.10 Å². The van der Waals surface area contributed by atoms with E-state index in [9.17, 15) is 0 Å². The van der Waals surface area contributed by atoms with Crippen LogP contribution in [-0.2, 0) is 11.3 Å². The molecule has 3 rings (SSSR count). The Kier molecular flexibility index (Phi) is 4.94. The molecule has 0 amide bonds. The summed E-state index contributed by atoms with van der Waals surface area (Å²) >= 11 is 0. The zero-order valence-electron chi connectivity index (χ0n) is 13.7. The molecular formula is C21H26O. The Bertz CT molecular complexity index is 576. The maximum absolute atomic E-state index is 6.04. The van der Waals surface area contributed by atoms with Gasteiger partial charge in [-0.25, -0.2) is 0 Å². The van der Waals surface area contributed by atoms with Gasteiger partial charge in [0.1, 0.15) is 0 Å². The van der Waals surface area contributed by atoms with Gasteiger partial charge in [0.05, 0.1) is 12.7 Å². The van der Waals surface area contributed by atoms with Gasteiger partial charge in [0.25, 0.3) is 0 Å². The summed E-state index contributed by atoms with van der Waals surface area (Å²) in [7, 11) is 0. The Morgan fingerprint density at radius 1 is 1.05 bits per heavy atom. The molecule has 0 heterocycles. The van der Waals surface area contributed by atoms with Crippen LogP contribution in [0.1, 0.15) is 37.3 Å². The van der Waals surface area contributed by atoms with Crippen LogP contribution in [-0.4, -0.2) is 6.10 Å². The largest absolute Gasteiger partial charge is 0.369 e. The van der Waals surface area contributed by atoms with E-state index in [1.165, 1.54) is 29.5 Å². The maximum atomic E-state index is 6.04. The third-order valence-corrected chi connectivity index (χ3v) is 4.68. The zero-order valence-corrected chi connectivity index (χ0v) is 13.7. The van der Waals surface area contributed by atoms with Crippen molar-refractivity contribution in [1.82, 2.24) is 0 Å². The third kappa shape index (κ3) is 3.98. The lowest BCUT2D eigenvalue weighted by atomic mass is 9.84. The summed E-state index contributed by atoms with van der Waals surface area (Å²) in [4.78, 5) is 0. The second kappa shape index (κ2) is 7.11. The zero-order chi connectivity index (χ0) is 15.4. The average molecular weight is 294 g/mol. The van der Waals surface area contributed by atoms with Gasteiger partial charge in [-0.2, -0.15) is 0 Å². The van der Waals surface area contributed by atoms with E-state index < -0.39 is 0 Å². The highest BCUT2D eigenvalue weighted by molar-refractivity contribution is 5.30. The molecule has 0 fully saturated rings. The van der Waals surface area contributed by atoms with Crippen LogP contribution in [0.2, 0.25) is 0 Å². The van der Waals surface area contributed by atoms with Crippen molar-refractivity contribution in [3.63, 3.8) is 0 Å². The van der Waals surface area contributed by atoms with Crippen molar-refractivity contribution < 1.29 is 4.74 Å². The van der Waals surface area contributed by atoms with Crippen LogP contribution in [0.4, 0.5) is 0 Å². The van der Waals surface area contributed by atoms with Crippen molar-refractivity contribution in [3.8, 4) is 0 Å². The fourth-order valence-corrected chi connectivity index (χ4v) is 3.12. The molecule has 0 spiro atoms. The molecule has 1 nitrogen and oxygen atoms in total. The van der Waals surface area contributed by atoms with Gasteiger partial charge >= 0.3 is 0 Å². The fourth-order valence-electron chi connectivity index (χ4n) is 3.12. The van der Waals surface area contributed by atoms with Gasteiger partial charge in [0.15, 0.2) is 0 Å². The highest BCUT2D eigenvalue weighted by atomic mass is 16.5. The summed E-state index contributed by atoms with van der Waals surface area (Å²) in [5, 5.41) is 0. The molecule has 1 aromatic rings. The van der Waals surface area contributed by atoms with Crippen molar-refractivity contribution in [1.29, 1.82) is 0 Å². The second-order valence-corrected chi connectivity index (χ2v) is 6.68. The molecule has 116 valence electrons. The molecule has 0 saturated carbocycles. The highest BCUT2D eigenvalue weighted by Gasteiger charge is 2.19. The molecule has 0 bridgehead atoms. The summed E-state index contributed by atoms with van der Waals surface area (Å²) in [6, 6.07) is 8.61. The Morgan fingerprint density at radius 3 is 2.50 bits per heavy atom. The lowest BCUT2D eigenvalue weighted by Crippen LogP contribution is -2.18. The number of hydrogen-bond donors (Lipinski definition) is 0. The number of aryl methyl sites for hydroxylation is 1. The van der Waals surface area contributed by atoms with Crippen LogP contribution in [0.25, 0.3) is 0 Å². The minimum Gasteiger partial charge on any atom is -0.369 e. The Hall–Kier alpha value is -1.60. The molecule has 2 aliphatic carbocycles. The minimum absolute atomic E-state index is 0.268. The number of rotatable bonds is 4. The Labute approximate surface area is 134 Å². The van der Waals surface area contributed by atoms with E-state index in [1.54, 1.807) is 0 Å². The smallest absolute Gasteiger partial charge is 0.0760 e. The summed E-state index contributed by atoms with van der Waals surface area (Å²) < 4.78 is 6.04. The van der Waals surface area contributed by atoms with Gasteiger partial charge < -0.3 is 4.74 Å². The van der Waals surface area contributed by atoms with E-state index in [0.29, 0.717) is 18.4 Å². The molecule has 0 radical (unpaired) electrons. The number of benzene rings is 1. The molecule has 0 aromatic heterocycles. The number of ether oxygens (including phenoxy) is 1. The topological polar surface area (TPSA) is 9.23 Å². The van der Waals surface area contributed by atoms with Crippen LogP contribution in [0, 0.1) is 18.8 Å². The predicted molar refractivity (Wildman–Crippen MR) is 92.6 cm³/mol. The van der Waals surface area contributed by atoms with Crippen molar-refractivity contribution in [2.24, 2.45) is 11.8 Å². The Balaban J connectivity index is 1.51.